The summed E-state index contributed by atoms with van der Waals surface area (Å²) in [5, 5.41) is 4.30. The number of hydrogen-bond acceptors (Lipinski definition) is 1. The van der Waals surface area contributed by atoms with Crippen LogP contribution >= 0.6 is 40.8 Å². The maximum atomic E-state index is 4.90. The lowest BCUT2D eigenvalue weighted by molar-refractivity contribution is 0.513. The first-order chi connectivity index (χ1) is 18.3. The lowest BCUT2D eigenvalue weighted by Crippen LogP contribution is -2.17. The molecule has 0 atom stereocenters. The van der Waals surface area contributed by atoms with Gasteiger partial charge in [-0.1, -0.05) is 208 Å². The number of unbranched alkanes of at least 4 members (excludes halogenated alkanes) is 29. The number of hydrogen-bond donors (Lipinski definition) is 2. The van der Waals surface area contributed by atoms with Crippen LogP contribution < -0.4 is 5.32 Å². The molecule has 0 spiro atoms. The Kier molecular flexibility index (Phi) is 35.4. The minimum atomic E-state index is 0.630. The molecule has 0 aromatic rings. The van der Waals surface area contributed by atoms with E-state index in [1.54, 1.807) is 0 Å². The first-order valence-electron chi connectivity index (χ1n) is 16.8. The van der Waals surface area contributed by atoms with Crippen molar-refractivity contribution in [1.29, 1.82) is 0 Å². The third kappa shape index (κ3) is 36.7. The summed E-state index contributed by atoms with van der Waals surface area (Å²) in [4.78, 5) is 0. The van der Waals surface area contributed by atoms with Crippen LogP contribution in [0.3, 0.4) is 0 Å². The van der Waals surface area contributed by atoms with Crippen molar-refractivity contribution in [2.75, 3.05) is 11.9 Å². The zero-order valence-corrected chi connectivity index (χ0v) is 28.2. The number of thiol groups is 1. The number of thiocarbonyl (C=S) groups is 1. The standard InChI is InChI=1S/C33H66BrNS2/c34-31-29-27-25-23-21-19-17-15-13-11-9-7-5-3-1-2-4-6-8-10-12-14-16-18-20-22-24-26-28-30-32-35-33(36)37/h1-32H2,(H2,35,36,37). The molecule has 0 rings (SSSR count). The van der Waals surface area contributed by atoms with E-state index < -0.39 is 0 Å². The zero-order chi connectivity index (χ0) is 26.9. The molecule has 1 N–H and O–H groups in total. The van der Waals surface area contributed by atoms with Crippen LogP contribution in [-0.2, 0) is 0 Å². The number of nitrogens with one attached hydrogen (secondary N) is 1. The largest absolute Gasteiger partial charge is 0.371 e. The van der Waals surface area contributed by atoms with Crippen molar-refractivity contribution in [3.05, 3.63) is 0 Å². The van der Waals surface area contributed by atoms with Crippen LogP contribution in [0.15, 0.2) is 0 Å². The van der Waals surface area contributed by atoms with Crippen LogP contribution in [0.2, 0.25) is 0 Å². The summed E-state index contributed by atoms with van der Waals surface area (Å²) < 4.78 is 0.630. The van der Waals surface area contributed by atoms with Gasteiger partial charge in [-0.15, -0.1) is 12.6 Å². The monoisotopic (exact) mass is 619 g/mol. The third-order valence-electron chi connectivity index (χ3n) is 7.84. The highest BCUT2D eigenvalue weighted by molar-refractivity contribution is 9.09. The molecule has 0 aromatic carbocycles. The second-order valence-corrected chi connectivity index (χ2v) is 13.5. The number of alkyl halides is 1. The Bertz CT molecular complexity index is 433. The SMILES string of the molecule is S=C(S)NCCCCCCCCCCCCCCCCCCCCCCCCCCCCCCCCBr. The molecule has 0 aliphatic carbocycles. The topological polar surface area (TPSA) is 12.0 Å². The smallest absolute Gasteiger partial charge is 0.130 e. The second-order valence-electron chi connectivity index (χ2n) is 11.5. The maximum absolute atomic E-state index is 4.90. The average Bonchev–Trinajstić information content (AvgIpc) is 2.89. The van der Waals surface area contributed by atoms with Crippen LogP contribution in [0.25, 0.3) is 0 Å². The fourth-order valence-corrected chi connectivity index (χ4v) is 5.97. The Balaban J connectivity index is 3.02. The molecule has 0 amide bonds. The van der Waals surface area contributed by atoms with Gasteiger partial charge in [0.2, 0.25) is 0 Å². The van der Waals surface area contributed by atoms with E-state index >= 15 is 0 Å². The Labute approximate surface area is 253 Å². The lowest BCUT2D eigenvalue weighted by Gasteiger charge is -2.05. The fraction of sp³-hybridized carbons (Fsp3) is 0.970. The molecule has 0 bridgehead atoms. The predicted octanol–water partition coefficient (Wildman–Crippen LogP) is 12.9. The van der Waals surface area contributed by atoms with Gasteiger partial charge in [0.15, 0.2) is 0 Å². The average molecular weight is 621 g/mol. The van der Waals surface area contributed by atoms with E-state index in [1.165, 1.54) is 198 Å². The Morgan fingerprint density at radius 1 is 0.378 bits per heavy atom. The molecule has 0 aliphatic rings. The van der Waals surface area contributed by atoms with Crippen LogP contribution in [0, 0.1) is 0 Å². The van der Waals surface area contributed by atoms with Gasteiger partial charge in [-0.05, 0) is 12.8 Å². The molecule has 222 valence electrons. The van der Waals surface area contributed by atoms with E-state index in [0.717, 1.165) is 6.54 Å². The Morgan fingerprint density at radius 3 is 0.757 bits per heavy atom. The molecule has 0 saturated carbocycles. The van der Waals surface area contributed by atoms with Gasteiger partial charge in [0.25, 0.3) is 0 Å². The summed E-state index contributed by atoms with van der Waals surface area (Å²) in [6.07, 6.45) is 43.4. The van der Waals surface area contributed by atoms with Gasteiger partial charge < -0.3 is 5.32 Å². The highest BCUT2D eigenvalue weighted by Gasteiger charge is 1.97. The fourth-order valence-electron chi connectivity index (χ4n) is 5.36. The molecule has 0 aromatic heterocycles. The van der Waals surface area contributed by atoms with Gasteiger partial charge >= 0.3 is 0 Å². The molecule has 0 unspecified atom stereocenters. The van der Waals surface area contributed by atoms with Crippen molar-refractivity contribution >= 4 is 45.1 Å². The van der Waals surface area contributed by atoms with Crippen molar-refractivity contribution in [3.63, 3.8) is 0 Å². The lowest BCUT2D eigenvalue weighted by atomic mass is 10.0. The quantitative estimate of drug-likeness (QED) is 0.0336. The number of rotatable bonds is 32. The minimum absolute atomic E-state index is 0.630. The molecule has 0 aliphatic heterocycles. The highest BCUT2D eigenvalue weighted by atomic mass is 79.9. The van der Waals surface area contributed by atoms with Crippen LogP contribution in [-0.4, -0.2) is 16.2 Å². The molecule has 1 nitrogen and oxygen atoms in total. The van der Waals surface area contributed by atoms with Crippen LogP contribution in [0.4, 0.5) is 0 Å². The molecule has 37 heavy (non-hydrogen) atoms. The van der Waals surface area contributed by atoms with Crippen molar-refractivity contribution in [2.45, 2.75) is 193 Å². The van der Waals surface area contributed by atoms with Crippen molar-refractivity contribution < 1.29 is 0 Å². The van der Waals surface area contributed by atoms with Crippen LogP contribution in [0.5, 0.6) is 0 Å². The summed E-state index contributed by atoms with van der Waals surface area (Å²) in [6, 6.07) is 0. The first kappa shape index (κ1) is 37.7. The van der Waals surface area contributed by atoms with Crippen LogP contribution in [0.1, 0.15) is 193 Å². The van der Waals surface area contributed by atoms with E-state index in [2.05, 4.69) is 33.9 Å². The van der Waals surface area contributed by atoms with Gasteiger partial charge in [0.05, 0.1) is 0 Å². The van der Waals surface area contributed by atoms with E-state index in [1.807, 2.05) is 0 Å². The summed E-state index contributed by atoms with van der Waals surface area (Å²) in [5.41, 5.74) is 0. The molecule has 0 saturated heterocycles. The maximum Gasteiger partial charge on any atom is 0.130 e. The highest BCUT2D eigenvalue weighted by Crippen LogP contribution is 2.16. The van der Waals surface area contributed by atoms with E-state index in [0.29, 0.717) is 4.32 Å². The number of halogens is 1. The first-order valence-corrected chi connectivity index (χ1v) is 18.8. The molecule has 0 radical (unpaired) electrons. The van der Waals surface area contributed by atoms with Crippen molar-refractivity contribution in [1.82, 2.24) is 5.32 Å². The van der Waals surface area contributed by atoms with Gasteiger partial charge in [-0.3, -0.25) is 0 Å². The van der Waals surface area contributed by atoms with Gasteiger partial charge in [0, 0.05) is 11.9 Å². The van der Waals surface area contributed by atoms with E-state index in [9.17, 15) is 0 Å². The molecule has 0 heterocycles. The summed E-state index contributed by atoms with van der Waals surface area (Å²) >= 11 is 12.5. The summed E-state index contributed by atoms with van der Waals surface area (Å²) in [6.45, 7) is 0.987. The van der Waals surface area contributed by atoms with E-state index in [4.69, 9.17) is 12.2 Å². The normalized spacial score (nSPS) is 11.3. The molecule has 4 heteroatoms. The van der Waals surface area contributed by atoms with E-state index in [-0.39, 0.29) is 0 Å². The minimum Gasteiger partial charge on any atom is -0.371 e. The Hall–Kier alpha value is 0.720. The third-order valence-corrected chi connectivity index (χ3v) is 8.70. The van der Waals surface area contributed by atoms with Gasteiger partial charge in [0.1, 0.15) is 4.32 Å². The van der Waals surface area contributed by atoms with Crippen molar-refractivity contribution in [3.8, 4) is 0 Å². The Morgan fingerprint density at radius 2 is 0.568 bits per heavy atom. The molecular formula is C33H66BrNS2. The summed E-state index contributed by atoms with van der Waals surface area (Å²) in [7, 11) is 0. The second kappa shape index (κ2) is 34.7. The molecular weight excluding hydrogens is 554 g/mol. The van der Waals surface area contributed by atoms with Gasteiger partial charge in [-0.25, -0.2) is 0 Å². The zero-order valence-electron chi connectivity index (χ0n) is 24.9. The van der Waals surface area contributed by atoms with Crippen molar-refractivity contribution in [2.24, 2.45) is 0 Å². The predicted molar refractivity (Wildman–Crippen MR) is 182 cm³/mol. The molecule has 0 fully saturated rings. The van der Waals surface area contributed by atoms with Gasteiger partial charge in [-0.2, -0.15) is 0 Å². The summed E-state index contributed by atoms with van der Waals surface area (Å²) in [5.74, 6) is 0.